The summed E-state index contributed by atoms with van der Waals surface area (Å²) in [6, 6.07) is 9.54. The molecule has 0 amide bonds. The van der Waals surface area contributed by atoms with Crippen LogP contribution < -0.4 is 5.32 Å². The third-order valence-electron chi connectivity index (χ3n) is 2.64. The van der Waals surface area contributed by atoms with Crippen LogP contribution in [0, 0.1) is 11.3 Å². The molecular weight excluding hydrogens is 226 g/mol. The van der Waals surface area contributed by atoms with E-state index in [1.165, 1.54) is 0 Å². The fourth-order valence-corrected chi connectivity index (χ4v) is 1.60. The average Bonchev–Trinajstić information content (AvgIpc) is 2.89. The molecule has 2 aromatic rings. The van der Waals surface area contributed by atoms with Crippen LogP contribution in [0.25, 0.3) is 0 Å². The van der Waals surface area contributed by atoms with Gasteiger partial charge < -0.3 is 9.73 Å². The quantitative estimate of drug-likeness (QED) is 0.892. The Hall–Kier alpha value is -2.28. The van der Waals surface area contributed by atoms with Gasteiger partial charge in [-0.05, 0) is 30.2 Å². The van der Waals surface area contributed by atoms with E-state index in [0.717, 1.165) is 11.5 Å². The molecule has 92 valence electrons. The molecule has 0 bridgehead atoms. The molecule has 0 atom stereocenters. The lowest BCUT2D eigenvalue weighted by Crippen LogP contribution is -2.05. The fraction of sp³-hybridized carbons (Fsp3) is 0.286. The summed E-state index contributed by atoms with van der Waals surface area (Å²) in [6.45, 7) is 4.67. The second kappa shape index (κ2) is 5.37. The highest BCUT2D eigenvalue weighted by Crippen LogP contribution is 2.18. The average molecular weight is 241 g/mol. The van der Waals surface area contributed by atoms with Crippen LogP contribution in [0.2, 0.25) is 0 Å². The molecule has 2 heterocycles. The molecule has 2 rings (SSSR count). The van der Waals surface area contributed by atoms with Crippen LogP contribution in [-0.4, -0.2) is 4.98 Å². The van der Waals surface area contributed by atoms with Gasteiger partial charge in [-0.2, -0.15) is 5.26 Å². The molecule has 1 N–H and O–H groups in total. The van der Waals surface area contributed by atoms with E-state index in [1.807, 2.05) is 18.2 Å². The van der Waals surface area contributed by atoms with Crippen molar-refractivity contribution in [3.8, 4) is 6.07 Å². The minimum Gasteiger partial charge on any atom is -0.467 e. The van der Waals surface area contributed by atoms with E-state index in [9.17, 15) is 0 Å². The third kappa shape index (κ3) is 2.69. The van der Waals surface area contributed by atoms with Crippen LogP contribution in [0.1, 0.15) is 36.8 Å². The van der Waals surface area contributed by atoms with E-state index in [1.54, 1.807) is 12.3 Å². The van der Waals surface area contributed by atoms with Crippen LogP contribution in [0.4, 0.5) is 5.82 Å². The highest BCUT2D eigenvalue weighted by Gasteiger charge is 2.08. The standard InChI is InChI=1S/C14H15N3O/c1-10(2)13-6-5-11(8-15)14(17-13)16-9-12-4-3-7-18-12/h3-7,10H,9H2,1-2H3,(H,16,17). The highest BCUT2D eigenvalue weighted by molar-refractivity contribution is 5.52. The van der Waals surface area contributed by atoms with Gasteiger partial charge in [0.1, 0.15) is 17.6 Å². The predicted molar refractivity (Wildman–Crippen MR) is 69.1 cm³/mol. The summed E-state index contributed by atoms with van der Waals surface area (Å²) in [5.41, 5.74) is 1.52. The second-order valence-electron chi connectivity index (χ2n) is 4.33. The molecule has 0 spiro atoms. The SMILES string of the molecule is CC(C)c1ccc(C#N)c(NCc2ccco2)n1. The molecule has 0 aromatic carbocycles. The van der Waals surface area contributed by atoms with E-state index >= 15 is 0 Å². The Bertz CT molecular complexity index is 553. The number of hydrogen-bond donors (Lipinski definition) is 1. The fourth-order valence-electron chi connectivity index (χ4n) is 1.60. The summed E-state index contributed by atoms with van der Waals surface area (Å²) in [7, 11) is 0. The van der Waals surface area contributed by atoms with Crippen LogP contribution in [0.15, 0.2) is 34.9 Å². The van der Waals surface area contributed by atoms with Gasteiger partial charge in [0.2, 0.25) is 0 Å². The van der Waals surface area contributed by atoms with Crippen molar-refractivity contribution in [2.24, 2.45) is 0 Å². The van der Waals surface area contributed by atoms with Crippen molar-refractivity contribution in [1.29, 1.82) is 5.26 Å². The van der Waals surface area contributed by atoms with Gasteiger partial charge >= 0.3 is 0 Å². The molecule has 0 unspecified atom stereocenters. The molecular formula is C14H15N3O. The van der Waals surface area contributed by atoms with E-state index in [0.29, 0.717) is 23.8 Å². The molecule has 0 fully saturated rings. The molecule has 0 radical (unpaired) electrons. The minimum atomic E-state index is 0.335. The van der Waals surface area contributed by atoms with Gasteiger partial charge in [0, 0.05) is 5.69 Å². The van der Waals surface area contributed by atoms with Gasteiger partial charge in [0.25, 0.3) is 0 Å². The van der Waals surface area contributed by atoms with Crippen LogP contribution in [0.5, 0.6) is 0 Å². The third-order valence-corrected chi connectivity index (χ3v) is 2.64. The molecule has 0 aliphatic rings. The Morgan fingerprint density at radius 1 is 1.39 bits per heavy atom. The zero-order valence-corrected chi connectivity index (χ0v) is 10.5. The molecule has 4 nitrogen and oxygen atoms in total. The normalized spacial score (nSPS) is 10.3. The summed E-state index contributed by atoms with van der Waals surface area (Å²) >= 11 is 0. The van der Waals surface area contributed by atoms with Crippen molar-refractivity contribution in [2.75, 3.05) is 5.32 Å². The lowest BCUT2D eigenvalue weighted by molar-refractivity contribution is 0.517. The van der Waals surface area contributed by atoms with Crippen molar-refractivity contribution in [2.45, 2.75) is 26.3 Å². The highest BCUT2D eigenvalue weighted by atomic mass is 16.3. The lowest BCUT2D eigenvalue weighted by atomic mass is 10.1. The molecule has 0 saturated carbocycles. The van der Waals surface area contributed by atoms with E-state index < -0.39 is 0 Å². The smallest absolute Gasteiger partial charge is 0.144 e. The predicted octanol–water partition coefficient (Wildman–Crippen LogP) is 3.28. The first-order valence-corrected chi connectivity index (χ1v) is 5.88. The number of furan rings is 1. The van der Waals surface area contributed by atoms with Gasteiger partial charge in [-0.15, -0.1) is 0 Å². The first kappa shape index (κ1) is 12.2. The maximum atomic E-state index is 9.05. The number of nitrogens with zero attached hydrogens (tertiary/aromatic N) is 2. The Kier molecular flexibility index (Phi) is 3.63. The summed E-state index contributed by atoms with van der Waals surface area (Å²) in [5, 5.41) is 12.2. The van der Waals surface area contributed by atoms with Gasteiger partial charge in [-0.25, -0.2) is 4.98 Å². The summed E-state index contributed by atoms with van der Waals surface area (Å²) < 4.78 is 5.23. The molecule has 2 aromatic heterocycles. The van der Waals surface area contributed by atoms with Crippen LogP contribution in [0.3, 0.4) is 0 Å². The summed E-state index contributed by atoms with van der Waals surface area (Å²) in [4.78, 5) is 4.47. The summed E-state index contributed by atoms with van der Waals surface area (Å²) in [6.07, 6.45) is 1.63. The number of hydrogen-bond acceptors (Lipinski definition) is 4. The summed E-state index contributed by atoms with van der Waals surface area (Å²) in [5.74, 6) is 1.76. The van der Waals surface area contributed by atoms with Crippen molar-refractivity contribution in [3.63, 3.8) is 0 Å². The van der Waals surface area contributed by atoms with Gasteiger partial charge in [-0.1, -0.05) is 13.8 Å². The maximum Gasteiger partial charge on any atom is 0.144 e. The van der Waals surface area contributed by atoms with Crippen molar-refractivity contribution >= 4 is 5.82 Å². The number of anilines is 1. The number of pyridine rings is 1. The zero-order chi connectivity index (χ0) is 13.0. The van der Waals surface area contributed by atoms with Crippen LogP contribution in [-0.2, 0) is 6.54 Å². The Balaban J connectivity index is 2.19. The number of rotatable bonds is 4. The molecule has 4 heteroatoms. The van der Waals surface area contributed by atoms with E-state index in [4.69, 9.17) is 9.68 Å². The van der Waals surface area contributed by atoms with Crippen molar-refractivity contribution in [1.82, 2.24) is 4.98 Å². The van der Waals surface area contributed by atoms with Crippen molar-refractivity contribution < 1.29 is 4.42 Å². The number of aromatic nitrogens is 1. The van der Waals surface area contributed by atoms with Gasteiger partial charge in [0.15, 0.2) is 0 Å². The first-order valence-electron chi connectivity index (χ1n) is 5.88. The molecule has 0 aliphatic carbocycles. The molecule has 18 heavy (non-hydrogen) atoms. The second-order valence-corrected chi connectivity index (χ2v) is 4.33. The molecule has 0 aliphatic heterocycles. The topological polar surface area (TPSA) is 61.9 Å². The molecule has 0 saturated heterocycles. The Morgan fingerprint density at radius 2 is 2.22 bits per heavy atom. The van der Waals surface area contributed by atoms with Gasteiger partial charge in [-0.3, -0.25) is 0 Å². The lowest BCUT2D eigenvalue weighted by Gasteiger charge is -2.10. The van der Waals surface area contributed by atoms with Crippen LogP contribution >= 0.6 is 0 Å². The van der Waals surface area contributed by atoms with Crippen molar-refractivity contribution in [3.05, 3.63) is 47.5 Å². The number of nitriles is 1. The minimum absolute atomic E-state index is 0.335. The number of nitrogens with one attached hydrogen (secondary N) is 1. The Morgan fingerprint density at radius 3 is 2.83 bits per heavy atom. The monoisotopic (exact) mass is 241 g/mol. The maximum absolute atomic E-state index is 9.05. The largest absolute Gasteiger partial charge is 0.467 e. The Labute approximate surface area is 106 Å². The van der Waals surface area contributed by atoms with E-state index in [-0.39, 0.29) is 0 Å². The zero-order valence-electron chi connectivity index (χ0n) is 10.5. The first-order chi connectivity index (χ1) is 8.70. The van der Waals surface area contributed by atoms with E-state index in [2.05, 4.69) is 30.2 Å². The van der Waals surface area contributed by atoms with Gasteiger partial charge in [0.05, 0.1) is 18.4 Å².